The van der Waals surface area contributed by atoms with E-state index in [-0.39, 0.29) is 11.8 Å². The fourth-order valence-corrected chi connectivity index (χ4v) is 5.48. The van der Waals surface area contributed by atoms with Gasteiger partial charge in [-0.15, -0.1) is 0 Å². The van der Waals surface area contributed by atoms with Crippen LogP contribution in [0.5, 0.6) is 0 Å². The number of carbonyl (C=O) groups is 1. The number of halogens is 2. The second kappa shape index (κ2) is 12.7. The van der Waals surface area contributed by atoms with Crippen LogP contribution in [0.1, 0.15) is 30.7 Å². The van der Waals surface area contributed by atoms with Gasteiger partial charge in [0.15, 0.2) is 0 Å². The summed E-state index contributed by atoms with van der Waals surface area (Å²) in [6.45, 7) is 3.03. The van der Waals surface area contributed by atoms with Gasteiger partial charge >= 0.3 is 0 Å². The SMILES string of the molecule is O=C(NCCCSCc1cccc(Cl)c1)C1CCN(Cc2nc(-c3cccc(Br)c3)no2)CC1. The zero-order valence-electron chi connectivity index (χ0n) is 18.9. The van der Waals surface area contributed by atoms with Crippen LogP contribution in [0.15, 0.2) is 57.5 Å². The van der Waals surface area contributed by atoms with Crippen molar-refractivity contribution < 1.29 is 9.32 Å². The van der Waals surface area contributed by atoms with Crippen LogP contribution in [0.25, 0.3) is 11.4 Å². The highest BCUT2D eigenvalue weighted by molar-refractivity contribution is 9.10. The third-order valence-electron chi connectivity index (χ3n) is 5.79. The lowest BCUT2D eigenvalue weighted by Crippen LogP contribution is -2.40. The summed E-state index contributed by atoms with van der Waals surface area (Å²) in [5.41, 5.74) is 2.15. The molecule has 1 fully saturated rings. The van der Waals surface area contributed by atoms with Crippen LogP contribution in [-0.2, 0) is 17.1 Å². The maximum absolute atomic E-state index is 12.5. The Labute approximate surface area is 218 Å². The molecule has 6 nitrogen and oxygen atoms in total. The van der Waals surface area contributed by atoms with Crippen LogP contribution in [0.2, 0.25) is 5.02 Å². The summed E-state index contributed by atoms with van der Waals surface area (Å²) in [7, 11) is 0. The number of aromatic nitrogens is 2. The van der Waals surface area contributed by atoms with E-state index >= 15 is 0 Å². The lowest BCUT2D eigenvalue weighted by atomic mass is 9.96. The van der Waals surface area contributed by atoms with Crippen LogP contribution in [0, 0.1) is 5.92 Å². The molecule has 34 heavy (non-hydrogen) atoms. The smallest absolute Gasteiger partial charge is 0.241 e. The molecule has 1 saturated heterocycles. The Kier molecular flexibility index (Phi) is 9.44. The number of thioether (sulfide) groups is 1. The van der Waals surface area contributed by atoms with Gasteiger partial charge in [0.25, 0.3) is 0 Å². The second-order valence-corrected chi connectivity index (χ2v) is 10.9. The van der Waals surface area contributed by atoms with E-state index in [9.17, 15) is 4.79 Å². The molecule has 0 radical (unpaired) electrons. The summed E-state index contributed by atoms with van der Waals surface area (Å²) < 4.78 is 6.43. The molecule has 0 saturated carbocycles. The highest BCUT2D eigenvalue weighted by Crippen LogP contribution is 2.23. The normalized spacial score (nSPS) is 14.9. The quantitative estimate of drug-likeness (QED) is 0.314. The molecule has 1 amide bonds. The predicted octanol–water partition coefficient (Wildman–Crippen LogP) is 5.80. The van der Waals surface area contributed by atoms with Crippen molar-refractivity contribution in [1.82, 2.24) is 20.4 Å². The van der Waals surface area contributed by atoms with Gasteiger partial charge in [0.1, 0.15) is 0 Å². The van der Waals surface area contributed by atoms with Gasteiger partial charge in [-0.1, -0.05) is 57.0 Å². The molecular weight excluding hydrogens is 536 g/mol. The van der Waals surface area contributed by atoms with Crippen LogP contribution < -0.4 is 5.32 Å². The number of hydrogen-bond donors (Lipinski definition) is 1. The van der Waals surface area contributed by atoms with Crippen molar-refractivity contribution in [2.75, 3.05) is 25.4 Å². The van der Waals surface area contributed by atoms with Gasteiger partial charge in [0, 0.05) is 33.3 Å². The topological polar surface area (TPSA) is 71.3 Å². The van der Waals surface area contributed by atoms with Gasteiger partial charge in [-0.3, -0.25) is 9.69 Å². The van der Waals surface area contributed by atoms with Gasteiger partial charge in [-0.2, -0.15) is 16.7 Å². The molecule has 0 spiro atoms. The summed E-state index contributed by atoms with van der Waals surface area (Å²) in [4.78, 5) is 19.3. The highest BCUT2D eigenvalue weighted by Gasteiger charge is 2.25. The van der Waals surface area contributed by atoms with Crippen molar-refractivity contribution in [1.29, 1.82) is 0 Å². The van der Waals surface area contributed by atoms with Gasteiger partial charge in [0.05, 0.1) is 6.54 Å². The molecule has 0 unspecified atom stereocenters. The van der Waals surface area contributed by atoms with Crippen LogP contribution in [0.4, 0.5) is 0 Å². The van der Waals surface area contributed by atoms with E-state index in [1.165, 1.54) is 5.56 Å². The summed E-state index contributed by atoms with van der Waals surface area (Å²) >= 11 is 11.4. The second-order valence-electron chi connectivity index (χ2n) is 8.40. The van der Waals surface area contributed by atoms with Crippen molar-refractivity contribution in [2.45, 2.75) is 31.6 Å². The van der Waals surface area contributed by atoms with E-state index in [0.29, 0.717) is 18.3 Å². The maximum Gasteiger partial charge on any atom is 0.241 e. The van der Waals surface area contributed by atoms with E-state index in [0.717, 1.165) is 65.5 Å². The molecule has 0 aliphatic carbocycles. The number of nitrogens with zero attached hydrogens (tertiary/aromatic N) is 3. The molecule has 3 aromatic rings. The van der Waals surface area contributed by atoms with E-state index in [4.69, 9.17) is 16.1 Å². The number of piperidine rings is 1. The Bertz CT molecular complexity index is 1090. The van der Waals surface area contributed by atoms with Gasteiger partial charge in [-0.25, -0.2) is 0 Å². The Morgan fingerprint density at radius 1 is 1.21 bits per heavy atom. The minimum absolute atomic E-state index is 0.0790. The third-order valence-corrected chi connectivity index (χ3v) is 7.63. The molecule has 2 aromatic carbocycles. The van der Waals surface area contributed by atoms with Crippen molar-refractivity contribution in [2.24, 2.45) is 5.92 Å². The number of nitrogens with one attached hydrogen (secondary N) is 1. The van der Waals surface area contributed by atoms with E-state index in [1.807, 2.05) is 54.2 Å². The lowest BCUT2D eigenvalue weighted by Gasteiger charge is -2.30. The molecule has 2 heterocycles. The largest absolute Gasteiger partial charge is 0.356 e. The standard InChI is InChI=1S/C25H28BrClN4O2S/c26-21-6-2-5-20(15-21)24-29-23(33-30-24)16-31-11-8-19(9-12-31)25(32)28-10-3-13-34-17-18-4-1-7-22(27)14-18/h1-2,4-7,14-15,19H,3,8-13,16-17H2,(H,28,32). The van der Waals surface area contributed by atoms with Gasteiger partial charge < -0.3 is 9.84 Å². The average molecular weight is 564 g/mol. The number of likely N-dealkylation sites (tertiary alicyclic amines) is 1. The number of benzene rings is 2. The molecule has 1 aliphatic heterocycles. The predicted molar refractivity (Wildman–Crippen MR) is 141 cm³/mol. The Balaban J connectivity index is 1.11. The number of hydrogen-bond acceptors (Lipinski definition) is 6. The summed E-state index contributed by atoms with van der Waals surface area (Å²) in [5, 5.41) is 8.00. The van der Waals surface area contributed by atoms with Gasteiger partial charge in [0.2, 0.25) is 17.6 Å². The summed E-state index contributed by atoms with van der Waals surface area (Å²) in [5.74, 6) is 3.41. The number of rotatable bonds is 10. The number of amides is 1. The van der Waals surface area contributed by atoms with Crippen LogP contribution >= 0.6 is 39.3 Å². The molecule has 1 aromatic heterocycles. The van der Waals surface area contributed by atoms with E-state index < -0.39 is 0 Å². The zero-order valence-corrected chi connectivity index (χ0v) is 22.0. The molecule has 9 heteroatoms. The van der Waals surface area contributed by atoms with Crippen molar-refractivity contribution in [3.05, 3.63) is 69.5 Å². The first-order valence-corrected chi connectivity index (χ1v) is 13.8. The average Bonchev–Trinajstić information content (AvgIpc) is 3.30. The van der Waals surface area contributed by atoms with E-state index in [1.54, 1.807) is 0 Å². The molecule has 0 bridgehead atoms. The van der Waals surface area contributed by atoms with E-state index in [2.05, 4.69) is 42.4 Å². The Morgan fingerprint density at radius 3 is 2.82 bits per heavy atom. The molecule has 1 aliphatic rings. The minimum Gasteiger partial charge on any atom is -0.356 e. The molecule has 1 N–H and O–H groups in total. The first kappa shape index (κ1) is 25.2. The third kappa shape index (κ3) is 7.57. The lowest BCUT2D eigenvalue weighted by molar-refractivity contribution is -0.126. The Morgan fingerprint density at radius 2 is 2.03 bits per heavy atom. The molecule has 4 rings (SSSR count). The zero-order chi connectivity index (χ0) is 23.8. The first-order chi connectivity index (χ1) is 16.6. The van der Waals surface area contributed by atoms with Crippen LogP contribution in [-0.4, -0.2) is 46.3 Å². The monoisotopic (exact) mass is 562 g/mol. The summed E-state index contributed by atoms with van der Waals surface area (Å²) in [6.07, 6.45) is 2.66. The van der Waals surface area contributed by atoms with Crippen LogP contribution in [0.3, 0.4) is 0 Å². The highest BCUT2D eigenvalue weighted by atomic mass is 79.9. The molecule has 180 valence electrons. The summed E-state index contributed by atoms with van der Waals surface area (Å²) in [6, 6.07) is 15.8. The van der Waals surface area contributed by atoms with Gasteiger partial charge in [-0.05, 0) is 67.9 Å². The maximum atomic E-state index is 12.5. The first-order valence-electron chi connectivity index (χ1n) is 11.5. The number of carbonyl (C=O) groups excluding carboxylic acids is 1. The fraction of sp³-hybridized carbons (Fsp3) is 0.400. The molecule has 0 atom stereocenters. The van der Waals surface area contributed by atoms with Crippen molar-refractivity contribution >= 4 is 45.2 Å². The Hall–Kier alpha value is -1.87. The van der Waals surface area contributed by atoms with Crippen molar-refractivity contribution in [3.8, 4) is 11.4 Å². The van der Waals surface area contributed by atoms with Crippen molar-refractivity contribution in [3.63, 3.8) is 0 Å². The minimum atomic E-state index is 0.0790. The molecular formula is C25H28BrClN4O2S. The fourth-order valence-electron chi connectivity index (χ4n) is 3.96.